The van der Waals surface area contributed by atoms with Gasteiger partial charge in [-0.2, -0.15) is 0 Å². The summed E-state index contributed by atoms with van der Waals surface area (Å²) < 4.78 is 0. The fourth-order valence-electron chi connectivity index (χ4n) is 1.44. The molecule has 0 heterocycles. The van der Waals surface area contributed by atoms with Crippen molar-refractivity contribution in [2.75, 3.05) is 7.05 Å². The average molecular weight is 224 g/mol. The quantitative estimate of drug-likeness (QED) is 0.706. The highest BCUT2D eigenvalue weighted by Crippen LogP contribution is 2.43. The van der Waals surface area contributed by atoms with Gasteiger partial charge in [-0.3, -0.25) is 0 Å². The molecule has 3 heteroatoms. The number of hydrogen-bond acceptors (Lipinski definition) is 1. The fourth-order valence-corrected chi connectivity index (χ4v) is 1.44. The van der Waals surface area contributed by atoms with Crippen LogP contribution in [0, 0.1) is 11.8 Å². The summed E-state index contributed by atoms with van der Waals surface area (Å²) in [5.74, 6) is 1.43. The number of amides is 2. The summed E-state index contributed by atoms with van der Waals surface area (Å²) in [5, 5.41) is 5.27. The molecule has 2 N–H and O–H groups in total. The van der Waals surface area contributed by atoms with Gasteiger partial charge in [0.2, 0.25) is 0 Å². The summed E-state index contributed by atoms with van der Waals surface area (Å²) in [6.45, 7) is 8.00. The van der Waals surface area contributed by atoms with Crippen molar-refractivity contribution in [3.05, 3.63) is 23.9 Å². The molecule has 0 radical (unpaired) electrons. The van der Waals surface area contributed by atoms with Crippen LogP contribution < -0.4 is 10.6 Å². The van der Waals surface area contributed by atoms with Gasteiger partial charge < -0.3 is 10.6 Å². The van der Waals surface area contributed by atoms with E-state index in [9.17, 15) is 4.79 Å². The Balaban J connectivity index is 0.000000509. The summed E-state index contributed by atoms with van der Waals surface area (Å²) in [6.07, 6.45) is 7.51. The number of carbonyl (C=O) groups excluding carboxylic acids is 1. The minimum absolute atomic E-state index is 0.148. The standard InChI is InChI=1S/C9H12N2O.2C2H6/c1-10-9(12)11-8-3-2-6-4-7(6)5-8;2*1-2/h2-3,5-7H,4H2,1H3,(H2,10,11,12);2*1-2H3. The van der Waals surface area contributed by atoms with Gasteiger partial charge in [-0.25, -0.2) is 4.79 Å². The first-order chi connectivity index (χ1) is 7.79. The van der Waals surface area contributed by atoms with Crippen LogP contribution >= 0.6 is 0 Å². The molecule has 2 unspecified atom stereocenters. The molecule has 0 aliphatic heterocycles. The third-order valence-corrected chi connectivity index (χ3v) is 2.29. The van der Waals surface area contributed by atoms with Gasteiger partial charge in [0.25, 0.3) is 0 Å². The minimum Gasteiger partial charge on any atom is -0.341 e. The van der Waals surface area contributed by atoms with Crippen LogP contribution in [0.15, 0.2) is 23.9 Å². The number of rotatable bonds is 1. The first kappa shape index (κ1) is 14.8. The lowest BCUT2D eigenvalue weighted by atomic mass is 10.1. The number of nitrogens with one attached hydrogen (secondary N) is 2. The molecule has 2 amide bonds. The maximum absolute atomic E-state index is 10.9. The maximum Gasteiger partial charge on any atom is 0.318 e. The van der Waals surface area contributed by atoms with Crippen molar-refractivity contribution in [1.82, 2.24) is 10.6 Å². The van der Waals surface area contributed by atoms with Gasteiger partial charge in [-0.1, -0.05) is 39.8 Å². The Morgan fingerprint density at radius 1 is 1.25 bits per heavy atom. The molecule has 0 saturated heterocycles. The lowest BCUT2D eigenvalue weighted by molar-refractivity contribution is 0.245. The summed E-state index contributed by atoms with van der Waals surface area (Å²) in [4.78, 5) is 10.9. The molecule has 1 saturated carbocycles. The molecule has 2 atom stereocenters. The highest BCUT2D eigenvalue weighted by atomic mass is 16.2. The Labute approximate surface area is 99.0 Å². The van der Waals surface area contributed by atoms with Crippen LogP contribution in [-0.2, 0) is 0 Å². The Hall–Kier alpha value is -1.25. The van der Waals surface area contributed by atoms with Crippen LogP contribution in [-0.4, -0.2) is 13.1 Å². The predicted molar refractivity (Wildman–Crippen MR) is 69.1 cm³/mol. The fraction of sp³-hybridized carbons (Fsp3) is 0.615. The molecule has 2 rings (SSSR count). The Kier molecular flexibility index (Phi) is 7.34. The van der Waals surface area contributed by atoms with Crippen LogP contribution in [0.5, 0.6) is 0 Å². The van der Waals surface area contributed by atoms with Crippen molar-refractivity contribution < 1.29 is 4.79 Å². The van der Waals surface area contributed by atoms with Crippen LogP contribution in [0.4, 0.5) is 4.79 Å². The number of fused-ring (bicyclic) bond motifs is 1. The van der Waals surface area contributed by atoms with Crippen molar-refractivity contribution in [3.63, 3.8) is 0 Å². The summed E-state index contributed by atoms with van der Waals surface area (Å²) in [5.41, 5.74) is 0.924. The van der Waals surface area contributed by atoms with Gasteiger partial charge in [0.15, 0.2) is 0 Å². The molecular weight excluding hydrogens is 200 g/mol. The lowest BCUT2D eigenvalue weighted by Gasteiger charge is -2.07. The zero-order valence-electron chi connectivity index (χ0n) is 11.0. The Morgan fingerprint density at radius 2 is 1.88 bits per heavy atom. The van der Waals surface area contributed by atoms with E-state index in [2.05, 4.69) is 22.8 Å². The van der Waals surface area contributed by atoms with E-state index in [0.29, 0.717) is 5.92 Å². The minimum atomic E-state index is -0.148. The summed E-state index contributed by atoms with van der Waals surface area (Å²) in [6, 6.07) is -0.148. The number of allylic oxidation sites excluding steroid dienone is 3. The molecule has 16 heavy (non-hydrogen) atoms. The van der Waals surface area contributed by atoms with E-state index in [1.165, 1.54) is 6.42 Å². The zero-order valence-corrected chi connectivity index (χ0v) is 11.0. The molecule has 0 spiro atoms. The number of carbonyl (C=O) groups is 1. The van der Waals surface area contributed by atoms with Crippen LogP contribution in [0.3, 0.4) is 0 Å². The maximum atomic E-state index is 10.9. The first-order valence-electron chi connectivity index (χ1n) is 6.18. The normalized spacial score (nSPS) is 23.4. The van der Waals surface area contributed by atoms with Gasteiger partial charge in [0, 0.05) is 12.7 Å². The van der Waals surface area contributed by atoms with E-state index in [1.807, 2.05) is 33.8 Å². The second-order valence-corrected chi connectivity index (χ2v) is 3.25. The second kappa shape index (κ2) is 7.97. The van der Waals surface area contributed by atoms with E-state index in [-0.39, 0.29) is 6.03 Å². The molecule has 1 fully saturated rings. The van der Waals surface area contributed by atoms with Crippen LogP contribution in [0.1, 0.15) is 34.1 Å². The molecule has 2 aliphatic carbocycles. The van der Waals surface area contributed by atoms with Gasteiger partial charge >= 0.3 is 6.03 Å². The number of urea groups is 1. The van der Waals surface area contributed by atoms with Gasteiger partial charge in [0.1, 0.15) is 0 Å². The largest absolute Gasteiger partial charge is 0.341 e. The summed E-state index contributed by atoms with van der Waals surface area (Å²) in [7, 11) is 1.61. The van der Waals surface area contributed by atoms with E-state index >= 15 is 0 Å². The Morgan fingerprint density at radius 3 is 2.38 bits per heavy atom. The van der Waals surface area contributed by atoms with Crippen molar-refractivity contribution >= 4 is 6.03 Å². The van der Waals surface area contributed by atoms with Crippen molar-refractivity contribution in [2.24, 2.45) is 11.8 Å². The van der Waals surface area contributed by atoms with E-state index in [0.717, 1.165) is 11.6 Å². The van der Waals surface area contributed by atoms with Gasteiger partial charge in [-0.05, 0) is 24.3 Å². The SMILES string of the molecule is CC.CC.CNC(=O)NC1=CC2CC2C=C1. The van der Waals surface area contributed by atoms with Crippen molar-refractivity contribution in [3.8, 4) is 0 Å². The first-order valence-corrected chi connectivity index (χ1v) is 6.18. The smallest absolute Gasteiger partial charge is 0.318 e. The third-order valence-electron chi connectivity index (χ3n) is 2.29. The molecule has 3 nitrogen and oxygen atoms in total. The highest BCUT2D eigenvalue weighted by Gasteiger charge is 2.35. The molecule has 0 aromatic carbocycles. The van der Waals surface area contributed by atoms with Crippen LogP contribution in [0.25, 0.3) is 0 Å². The highest BCUT2D eigenvalue weighted by molar-refractivity contribution is 5.76. The average Bonchev–Trinajstić information content (AvgIpc) is 3.12. The number of hydrogen-bond donors (Lipinski definition) is 2. The van der Waals surface area contributed by atoms with Crippen molar-refractivity contribution in [2.45, 2.75) is 34.1 Å². The monoisotopic (exact) mass is 224 g/mol. The van der Waals surface area contributed by atoms with E-state index in [1.54, 1.807) is 7.05 Å². The Bertz CT molecular complexity index is 269. The third kappa shape index (κ3) is 4.51. The lowest BCUT2D eigenvalue weighted by Crippen LogP contribution is -2.31. The van der Waals surface area contributed by atoms with Gasteiger partial charge in [0.05, 0.1) is 0 Å². The van der Waals surface area contributed by atoms with E-state index < -0.39 is 0 Å². The molecule has 0 aromatic rings. The second-order valence-electron chi connectivity index (χ2n) is 3.25. The van der Waals surface area contributed by atoms with Crippen LogP contribution in [0.2, 0.25) is 0 Å². The molecule has 92 valence electrons. The molecule has 0 aromatic heterocycles. The topological polar surface area (TPSA) is 41.1 Å². The molecule has 2 aliphatic rings. The zero-order chi connectivity index (χ0) is 12.6. The van der Waals surface area contributed by atoms with E-state index in [4.69, 9.17) is 0 Å². The molecule has 0 bridgehead atoms. The predicted octanol–water partition coefficient (Wildman–Crippen LogP) is 3.06. The van der Waals surface area contributed by atoms with Crippen molar-refractivity contribution in [1.29, 1.82) is 0 Å². The molecular formula is C13H24N2O. The summed E-state index contributed by atoms with van der Waals surface area (Å²) >= 11 is 0. The van der Waals surface area contributed by atoms with Gasteiger partial charge in [-0.15, -0.1) is 0 Å².